The van der Waals surface area contributed by atoms with E-state index in [1.807, 2.05) is 191 Å². The molecule has 0 spiro atoms. The minimum atomic E-state index is 0. The number of pyridine rings is 8. The van der Waals surface area contributed by atoms with Crippen molar-refractivity contribution in [2.45, 2.75) is 55.4 Å². The second-order valence-corrected chi connectivity index (χ2v) is 34.5. The summed E-state index contributed by atoms with van der Waals surface area (Å²) in [6.45, 7) is 16.7. The largest absolute Gasteiger partial charge is 2.00 e. The molecule has 0 unspecified atom stereocenters. The smallest absolute Gasteiger partial charge is 0.460 e. The van der Waals surface area contributed by atoms with Crippen molar-refractivity contribution >= 4 is 92.9 Å². The normalized spacial score (nSPS) is 11.4. The molecule has 20 heteroatoms. The van der Waals surface area contributed by atoms with Crippen LogP contribution in [-0.2, 0) is 84.3 Å². The number of benzene rings is 12. The third-order valence-corrected chi connectivity index (χ3v) is 25.0. The molecular formula is C120H84B4N8O4Pt4. The molecule has 20 aromatic rings. The van der Waals surface area contributed by atoms with Gasteiger partial charge < -0.3 is 18.9 Å². The summed E-state index contributed by atoms with van der Waals surface area (Å²) in [5, 5.41) is 0. The zero-order valence-corrected chi connectivity index (χ0v) is 86.5. The topological polar surface area (TPSA) is 140 Å². The van der Waals surface area contributed by atoms with Crippen LogP contribution in [0.4, 0.5) is 0 Å². The first kappa shape index (κ1) is 97.7. The first-order chi connectivity index (χ1) is 66.6. The van der Waals surface area contributed by atoms with Gasteiger partial charge in [0, 0.05) is 118 Å². The van der Waals surface area contributed by atoms with Crippen LogP contribution < -0.4 is 85.0 Å². The van der Waals surface area contributed by atoms with E-state index < -0.39 is 0 Å². The van der Waals surface area contributed by atoms with Gasteiger partial charge in [-0.15, -0.1) is 95.1 Å². The summed E-state index contributed by atoms with van der Waals surface area (Å²) in [7, 11) is 0. The van der Waals surface area contributed by atoms with Crippen LogP contribution in [0.25, 0.3) is 89.0 Å². The van der Waals surface area contributed by atoms with Gasteiger partial charge in [-0.05, 0) is 149 Å². The first-order valence-corrected chi connectivity index (χ1v) is 45.5. The van der Waals surface area contributed by atoms with Crippen LogP contribution in [0.3, 0.4) is 0 Å². The van der Waals surface area contributed by atoms with E-state index in [0.717, 1.165) is 111 Å². The number of aryl methyl sites for hydroxylation is 8. The summed E-state index contributed by atoms with van der Waals surface area (Å²) in [4.78, 5) is 36.5. The molecule has 8 aromatic heterocycles. The van der Waals surface area contributed by atoms with Gasteiger partial charge >= 0.3 is 84.3 Å². The zero-order valence-electron chi connectivity index (χ0n) is 77.4. The third-order valence-electron chi connectivity index (χ3n) is 25.0. The monoisotopic (exact) mass is 2520 g/mol. The Morgan fingerprint density at radius 1 is 0.214 bits per heavy atom. The van der Waals surface area contributed by atoms with Crippen molar-refractivity contribution in [3.63, 3.8) is 0 Å². The molecule has 0 fully saturated rings. The summed E-state index contributed by atoms with van der Waals surface area (Å²) in [5.41, 5.74) is 40.4. The molecule has 0 saturated carbocycles. The van der Waals surface area contributed by atoms with Gasteiger partial charge in [0.15, 0.2) is 0 Å². The first-order valence-electron chi connectivity index (χ1n) is 45.5. The van der Waals surface area contributed by atoms with Crippen LogP contribution in [0.2, 0.25) is 0 Å². The van der Waals surface area contributed by atoms with Gasteiger partial charge in [-0.2, -0.15) is 119 Å². The van der Waals surface area contributed by atoms with Crippen LogP contribution in [0, 0.1) is 104 Å². The molecule has 0 bridgehead atoms. The maximum Gasteiger partial charge on any atom is 2.00 e. The zero-order chi connectivity index (χ0) is 92.3. The predicted molar refractivity (Wildman–Crippen MR) is 551 cm³/mol. The molecule has 12 nitrogen and oxygen atoms in total. The Hall–Kier alpha value is -13.9. The van der Waals surface area contributed by atoms with Crippen molar-refractivity contribution in [3.05, 3.63) is 458 Å². The predicted octanol–water partition coefficient (Wildman–Crippen LogP) is 18.6. The van der Waals surface area contributed by atoms with Crippen molar-refractivity contribution in [1.29, 1.82) is 0 Å². The molecule has 12 aromatic carbocycles. The number of rotatable bonds is 16. The van der Waals surface area contributed by atoms with Crippen molar-refractivity contribution in [3.8, 4) is 136 Å². The molecule has 4 aliphatic heterocycles. The Kier molecular flexibility index (Phi) is 30.4. The molecule has 24 rings (SSSR count). The van der Waals surface area contributed by atoms with Crippen LogP contribution in [0.5, 0.6) is 46.5 Å². The van der Waals surface area contributed by atoms with E-state index in [4.69, 9.17) is 38.9 Å². The van der Waals surface area contributed by atoms with Crippen LogP contribution >= 0.6 is 0 Å². The van der Waals surface area contributed by atoms with E-state index in [1.165, 1.54) is 88.6 Å². The number of hydrogen-bond acceptors (Lipinski definition) is 12. The maximum atomic E-state index is 5.98. The van der Waals surface area contributed by atoms with Gasteiger partial charge in [-0.3, -0.25) is 19.9 Å². The summed E-state index contributed by atoms with van der Waals surface area (Å²) >= 11 is 0. The van der Waals surface area contributed by atoms with Gasteiger partial charge in [0.1, 0.15) is 0 Å². The molecule has 680 valence electrons. The molecule has 12 heterocycles. The fourth-order valence-electron chi connectivity index (χ4n) is 18.5. The Morgan fingerprint density at radius 3 is 0.900 bits per heavy atom. The Labute approximate surface area is 876 Å². The van der Waals surface area contributed by atoms with Crippen LogP contribution in [0.1, 0.15) is 44.8 Å². The Morgan fingerprint density at radius 2 is 0.543 bits per heavy atom. The van der Waals surface area contributed by atoms with E-state index in [9.17, 15) is 0 Å². The van der Waals surface area contributed by atoms with E-state index >= 15 is 0 Å². The maximum absolute atomic E-state index is 5.98. The number of hydrogen-bond donors (Lipinski definition) is 0. The summed E-state index contributed by atoms with van der Waals surface area (Å²) in [6, 6.07) is 140. The molecule has 0 radical (unpaired) electrons. The van der Waals surface area contributed by atoms with Crippen LogP contribution in [0.15, 0.2) is 365 Å². The van der Waals surface area contributed by atoms with Gasteiger partial charge in [0.25, 0.3) is 0 Å². The Balaban J connectivity index is 0.000000128. The van der Waals surface area contributed by atoms with Crippen molar-refractivity contribution in [2.75, 3.05) is 0 Å². The van der Waals surface area contributed by atoms with Crippen molar-refractivity contribution in [1.82, 2.24) is 39.9 Å². The van der Waals surface area contributed by atoms with Gasteiger partial charge in [-0.1, -0.05) is 165 Å². The molecule has 4 aliphatic rings. The molecular weight excluding hydrogens is 2440 g/mol. The van der Waals surface area contributed by atoms with Crippen molar-refractivity contribution < 1.29 is 103 Å². The van der Waals surface area contributed by atoms with E-state index in [-0.39, 0.29) is 111 Å². The van der Waals surface area contributed by atoms with E-state index in [1.54, 1.807) is 18.6 Å². The molecule has 0 N–H and O–H groups in total. The van der Waals surface area contributed by atoms with Crippen LogP contribution in [-0.4, -0.2) is 66.7 Å². The molecule has 0 atom stereocenters. The molecule has 0 saturated heterocycles. The number of nitrogens with zero attached hydrogens (tertiary/aromatic N) is 8. The van der Waals surface area contributed by atoms with Gasteiger partial charge in [0.05, 0.1) is 0 Å². The van der Waals surface area contributed by atoms with E-state index in [0.29, 0.717) is 46.5 Å². The SMILES string of the molecule is Cc1ccc(B2c3[c-]c(-c4[c-]c(Oc5ccccn5)ccc4)ccc3-c3ccccc32)nc1C.Cc1ccc(Oc2[c-]c(-c3[c-]c4c(cc3)-c3ccccc3B4c3cc(C)ccn3)ccc2)nc1.Cc1ccnc(B2c3[c-]c(-c4[c-]c(Oc5cccc(C)n5)ccc4)ccc3-c3ccccc32)c1.Cc1ccnc(Oc2[c-]c(-c3[c-]c4c(cc3)-c3ccccc3B4c3cc(C)ccn3)ccc2)c1.[Pt+2].[Pt+2].[Pt+2].[Pt+2]. The fourth-order valence-corrected chi connectivity index (χ4v) is 18.5. The molecule has 140 heavy (non-hydrogen) atoms. The fraction of sp³-hybridized carbons (Fsp3) is 0.0667. The number of fused-ring (bicyclic) bond motifs is 12. The summed E-state index contributed by atoms with van der Waals surface area (Å²) in [5.74, 6) is 4.74. The quantitative estimate of drug-likeness (QED) is 0.0672. The average molecular weight is 2530 g/mol. The average Bonchev–Trinajstić information content (AvgIpc) is 1.59. The number of ether oxygens (including phenoxy) is 4. The third kappa shape index (κ3) is 21.0. The van der Waals surface area contributed by atoms with Crippen molar-refractivity contribution in [2.24, 2.45) is 0 Å². The second kappa shape index (κ2) is 43.6. The molecule has 0 aliphatic carbocycles. The standard InChI is InChI=1S/4C30H21BN2O.4Pt/c1-20-15-16-32-29(17-20)31-27-11-4-3-10-25(27)26-14-13-23(19-28(26)31)22-8-6-9-24(18-22)34-30-12-5-7-21(2)33-30;1-20-13-16-29(33-21(20)2)31-27-11-4-3-10-25(27)26-15-14-23(19-28(26)31)22-8-7-9-24(18-22)34-30-12-5-6-17-32-30;1-20-14-15-32-29(16-20)31-27-9-4-3-8-25(27)26-12-11-23(18-28(26)31)22-6-5-7-24(17-22)34-30-13-10-21(2)19-33-30;1-20-12-14-32-29(16-20)31-27-9-4-3-8-25(27)26-11-10-23(19-28(26)31)22-6-5-7-24(18-22)34-30-17-21(2)13-15-33-30;;;;/h2*3-17H,1-2H3;3-16,19H,1-2H3;3-17H,1-2H3;;;;/q4*-2;4*+2. The Bertz CT molecular complexity index is 7730. The van der Waals surface area contributed by atoms with E-state index in [2.05, 4.69) is 279 Å². The minimum absolute atomic E-state index is 0. The minimum Gasteiger partial charge on any atom is -0.460 e. The van der Waals surface area contributed by atoms with Gasteiger partial charge in [-0.25, -0.2) is 64.4 Å². The summed E-state index contributed by atoms with van der Waals surface area (Å²) < 4.78 is 23.8. The molecule has 0 amide bonds. The number of aromatic nitrogens is 8. The second-order valence-electron chi connectivity index (χ2n) is 34.5. The van der Waals surface area contributed by atoms with Gasteiger partial charge in [0.2, 0.25) is 50.4 Å². The summed E-state index contributed by atoms with van der Waals surface area (Å²) in [6.07, 6.45) is 10.9.